The van der Waals surface area contributed by atoms with Crippen molar-refractivity contribution in [3.05, 3.63) is 71.8 Å². The lowest BCUT2D eigenvalue weighted by Gasteiger charge is -2.53. The van der Waals surface area contributed by atoms with Gasteiger partial charge in [-0.2, -0.15) is 0 Å². The summed E-state index contributed by atoms with van der Waals surface area (Å²) in [5, 5.41) is 12.3. The molecule has 2 saturated heterocycles. The highest BCUT2D eigenvalue weighted by atomic mass is 32.2. The van der Waals surface area contributed by atoms with Gasteiger partial charge in [0.1, 0.15) is 11.4 Å². The van der Waals surface area contributed by atoms with Crippen LogP contribution in [0, 0.1) is 0 Å². The number of carbonyl (C=O) groups excluding carboxylic acids is 2. The van der Waals surface area contributed by atoms with Crippen molar-refractivity contribution in [1.29, 1.82) is 0 Å². The second kappa shape index (κ2) is 7.47. The molecule has 2 amide bonds. The first kappa shape index (κ1) is 20.5. The average molecular weight is 425 g/mol. The number of aliphatic carboxylic acids is 1. The van der Waals surface area contributed by atoms with Crippen molar-refractivity contribution in [2.45, 2.75) is 48.4 Å². The molecule has 156 valence electrons. The van der Waals surface area contributed by atoms with Crippen LogP contribution in [-0.2, 0) is 27.2 Å². The number of nitrogens with zero attached hydrogens (tertiary/aromatic N) is 1. The predicted molar refractivity (Wildman–Crippen MR) is 115 cm³/mol. The molecular formula is C23H24N2O4S. The van der Waals surface area contributed by atoms with Crippen LogP contribution in [0.3, 0.4) is 0 Å². The molecule has 0 spiro atoms. The molecule has 2 N–H and O–H groups in total. The molecule has 30 heavy (non-hydrogen) atoms. The lowest BCUT2D eigenvalue weighted by molar-refractivity contribution is -0.169. The molecule has 0 aromatic heterocycles. The third kappa shape index (κ3) is 3.37. The van der Waals surface area contributed by atoms with E-state index < -0.39 is 27.7 Å². The molecule has 0 aliphatic carbocycles. The Morgan fingerprint density at radius 3 is 2.17 bits per heavy atom. The Labute approximate surface area is 179 Å². The second-order valence-corrected chi connectivity index (χ2v) is 10.1. The molecule has 6 nitrogen and oxygen atoms in total. The van der Waals surface area contributed by atoms with E-state index in [1.54, 1.807) is 0 Å². The van der Waals surface area contributed by atoms with E-state index in [1.807, 2.05) is 74.5 Å². The van der Waals surface area contributed by atoms with E-state index >= 15 is 0 Å². The minimum atomic E-state index is -1.15. The molecule has 0 unspecified atom stereocenters. The predicted octanol–water partition coefficient (Wildman–Crippen LogP) is 2.47. The van der Waals surface area contributed by atoms with E-state index in [0.717, 1.165) is 11.1 Å². The van der Waals surface area contributed by atoms with Gasteiger partial charge in [-0.25, -0.2) is 4.79 Å². The molecule has 2 heterocycles. The van der Waals surface area contributed by atoms with Gasteiger partial charge in [-0.1, -0.05) is 60.7 Å². The molecule has 2 aromatic rings. The topological polar surface area (TPSA) is 86.7 Å². The summed E-state index contributed by atoms with van der Waals surface area (Å²) in [5.74, 6) is -1.60. The number of carboxylic acids is 1. The summed E-state index contributed by atoms with van der Waals surface area (Å²) in [4.78, 5) is 39.6. The normalized spacial score (nSPS) is 26.6. The molecular weight excluding hydrogens is 400 g/mol. The Morgan fingerprint density at radius 1 is 1.03 bits per heavy atom. The van der Waals surface area contributed by atoms with Crippen LogP contribution >= 0.6 is 11.8 Å². The fourth-order valence-corrected chi connectivity index (χ4v) is 6.14. The third-order valence-corrected chi connectivity index (χ3v) is 7.46. The average Bonchev–Trinajstić information content (AvgIpc) is 2.98. The Bertz CT molecular complexity index is 979. The summed E-state index contributed by atoms with van der Waals surface area (Å²) in [6.07, 6.45) is 0.484. The number of carbonyl (C=O) groups is 3. The highest BCUT2D eigenvalue weighted by Gasteiger charge is 2.71. The number of thioether (sulfide) groups is 1. The van der Waals surface area contributed by atoms with Gasteiger partial charge in [-0.05, 0) is 25.0 Å². The zero-order chi connectivity index (χ0) is 21.5. The number of fused-ring (bicyclic) bond motifs is 1. The van der Waals surface area contributed by atoms with Gasteiger partial charge < -0.3 is 15.3 Å². The zero-order valence-corrected chi connectivity index (χ0v) is 17.7. The maximum Gasteiger partial charge on any atom is 0.327 e. The minimum absolute atomic E-state index is 0.161. The summed E-state index contributed by atoms with van der Waals surface area (Å²) in [5.41, 5.74) is 0.623. The van der Waals surface area contributed by atoms with Gasteiger partial charge >= 0.3 is 5.97 Å². The Morgan fingerprint density at radius 2 is 1.60 bits per heavy atom. The standard InChI is InChI=1S/C23H24N2O4S/c1-22(2)18(19(27)28)25-20(29)23(21(25)30-22,14-16-11-7-4-8-12-16)24-17(26)13-15-9-5-3-6-10-15/h3-12,18,21H,13-14H2,1-2H3,(H,24,26)(H,27,28)/t18-,21+,23-/m0/s1. The van der Waals surface area contributed by atoms with Gasteiger partial charge in [0.05, 0.1) is 6.42 Å². The summed E-state index contributed by atoms with van der Waals surface area (Å²) >= 11 is 1.44. The Balaban J connectivity index is 1.65. The van der Waals surface area contributed by atoms with Gasteiger partial charge in [0.2, 0.25) is 5.91 Å². The maximum absolute atomic E-state index is 13.4. The maximum atomic E-state index is 13.4. The van der Waals surface area contributed by atoms with Crippen molar-refractivity contribution in [2.24, 2.45) is 0 Å². The molecule has 2 fully saturated rings. The number of nitrogens with one attached hydrogen (secondary N) is 1. The van der Waals surface area contributed by atoms with Crippen LogP contribution < -0.4 is 5.32 Å². The van der Waals surface area contributed by atoms with Crippen LogP contribution in [0.15, 0.2) is 60.7 Å². The SMILES string of the molecule is CC1(C)S[C@H]2N(C(=O)[C@]2(Cc2ccccc2)NC(=O)Cc2ccccc2)[C@H]1C(=O)O. The van der Waals surface area contributed by atoms with Gasteiger partial charge in [0, 0.05) is 11.2 Å². The highest BCUT2D eigenvalue weighted by molar-refractivity contribution is 8.01. The van der Waals surface area contributed by atoms with Crippen molar-refractivity contribution in [3.63, 3.8) is 0 Å². The lowest BCUT2D eigenvalue weighted by Crippen LogP contribution is -2.80. The van der Waals surface area contributed by atoms with E-state index in [9.17, 15) is 19.5 Å². The number of rotatable bonds is 6. The highest BCUT2D eigenvalue weighted by Crippen LogP contribution is 2.55. The minimum Gasteiger partial charge on any atom is -0.480 e. The molecule has 0 radical (unpaired) electrons. The quantitative estimate of drug-likeness (QED) is 0.696. The molecule has 2 aliphatic heterocycles. The third-order valence-electron chi connectivity index (χ3n) is 5.77. The molecule has 0 saturated carbocycles. The fourth-order valence-electron chi connectivity index (χ4n) is 4.44. The van der Waals surface area contributed by atoms with E-state index in [0.29, 0.717) is 6.42 Å². The van der Waals surface area contributed by atoms with E-state index in [4.69, 9.17) is 0 Å². The van der Waals surface area contributed by atoms with Crippen molar-refractivity contribution in [2.75, 3.05) is 0 Å². The van der Waals surface area contributed by atoms with Crippen molar-refractivity contribution >= 4 is 29.5 Å². The number of hydrogen-bond donors (Lipinski definition) is 2. The summed E-state index contributed by atoms with van der Waals surface area (Å²) in [7, 11) is 0. The fraction of sp³-hybridized carbons (Fsp3) is 0.348. The number of carboxylic acid groups (broad SMARTS) is 1. The Kier molecular flexibility index (Phi) is 5.10. The summed E-state index contributed by atoms with van der Waals surface area (Å²) in [6.45, 7) is 3.67. The smallest absolute Gasteiger partial charge is 0.327 e. The zero-order valence-electron chi connectivity index (χ0n) is 16.9. The molecule has 7 heteroatoms. The van der Waals surface area contributed by atoms with Crippen molar-refractivity contribution < 1.29 is 19.5 Å². The number of hydrogen-bond acceptors (Lipinski definition) is 4. The summed E-state index contributed by atoms with van der Waals surface area (Å²) < 4.78 is -0.658. The second-order valence-electron chi connectivity index (χ2n) is 8.37. The van der Waals surface area contributed by atoms with Crippen molar-refractivity contribution in [1.82, 2.24) is 10.2 Å². The van der Waals surface area contributed by atoms with Crippen LogP contribution in [0.2, 0.25) is 0 Å². The first-order chi connectivity index (χ1) is 14.2. The number of benzene rings is 2. The largest absolute Gasteiger partial charge is 0.480 e. The number of β-lactam (4-membered cyclic amide) rings is 1. The molecule has 0 bridgehead atoms. The monoisotopic (exact) mass is 424 g/mol. The van der Waals surface area contributed by atoms with E-state index in [2.05, 4.69) is 5.32 Å². The van der Waals surface area contributed by atoms with Crippen molar-refractivity contribution in [3.8, 4) is 0 Å². The van der Waals surface area contributed by atoms with Crippen LogP contribution in [0.4, 0.5) is 0 Å². The van der Waals surface area contributed by atoms with Crippen LogP contribution in [-0.4, -0.2) is 49.5 Å². The van der Waals surface area contributed by atoms with Gasteiger partial charge in [0.15, 0.2) is 5.54 Å². The molecule has 2 aliphatic rings. The van der Waals surface area contributed by atoms with E-state index in [1.165, 1.54) is 16.7 Å². The first-order valence-corrected chi connectivity index (χ1v) is 10.7. The lowest BCUT2D eigenvalue weighted by atomic mass is 9.79. The van der Waals surface area contributed by atoms with Crippen LogP contribution in [0.25, 0.3) is 0 Å². The molecule has 3 atom stereocenters. The first-order valence-electron chi connectivity index (χ1n) is 9.87. The van der Waals surface area contributed by atoms with Crippen LogP contribution in [0.5, 0.6) is 0 Å². The van der Waals surface area contributed by atoms with Gasteiger partial charge in [-0.3, -0.25) is 9.59 Å². The summed E-state index contributed by atoms with van der Waals surface area (Å²) in [6, 6.07) is 17.9. The van der Waals surface area contributed by atoms with Gasteiger partial charge in [-0.15, -0.1) is 11.8 Å². The van der Waals surface area contributed by atoms with Crippen LogP contribution in [0.1, 0.15) is 25.0 Å². The van der Waals surface area contributed by atoms with E-state index in [-0.39, 0.29) is 18.2 Å². The Hall–Kier alpha value is -2.80. The molecule has 2 aromatic carbocycles. The molecule has 4 rings (SSSR count). The number of amides is 2. The van der Waals surface area contributed by atoms with Gasteiger partial charge in [0.25, 0.3) is 5.91 Å².